The molecule has 0 aliphatic carbocycles. The van der Waals surface area contributed by atoms with Crippen molar-refractivity contribution in [2.24, 2.45) is 0 Å². The van der Waals surface area contributed by atoms with Gasteiger partial charge >= 0.3 is 12.4 Å². The Morgan fingerprint density at radius 3 is 1.96 bits per heavy atom. The molecule has 12 heteroatoms. The number of alkyl halides is 6. The van der Waals surface area contributed by atoms with E-state index in [9.17, 15) is 31.1 Å². The molecule has 2 aromatic rings. The van der Waals surface area contributed by atoms with Crippen LogP contribution in [0.25, 0.3) is 0 Å². The summed E-state index contributed by atoms with van der Waals surface area (Å²) in [5, 5.41) is 4.26. The van der Waals surface area contributed by atoms with Gasteiger partial charge in [-0.05, 0) is 19.1 Å². The molecule has 0 saturated heterocycles. The molecule has 0 atom stereocenters. The van der Waals surface area contributed by atoms with E-state index in [1.165, 1.54) is 0 Å². The minimum Gasteiger partial charge on any atom is -0.484 e. The molecule has 0 unspecified atom stereocenters. The Labute approximate surface area is 152 Å². The zero-order chi connectivity index (χ0) is 20.2. The molecule has 1 amide bonds. The molecule has 1 heterocycles. The predicted octanol–water partition coefficient (Wildman–Crippen LogP) is 4.59. The van der Waals surface area contributed by atoms with E-state index >= 15 is 0 Å². The fraction of sp³-hybridized carbons (Fsp3) is 0.333. The molecule has 5 nitrogen and oxygen atoms in total. The number of nitrogens with one attached hydrogen (secondary N) is 1. The first-order chi connectivity index (χ1) is 12.4. The molecular weight excluding hydrogens is 402 g/mol. The van der Waals surface area contributed by atoms with Crippen LogP contribution in [0.1, 0.15) is 16.1 Å². The molecule has 2 rings (SSSR count). The predicted molar refractivity (Wildman–Crippen MR) is 84.3 cm³/mol. The number of aryl methyl sites for hydroxylation is 1. The number of anilines is 1. The van der Waals surface area contributed by atoms with Crippen molar-refractivity contribution in [1.82, 2.24) is 4.98 Å². The summed E-state index contributed by atoms with van der Waals surface area (Å²) in [6, 6.07) is 2.76. The average molecular weight is 414 g/mol. The van der Waals surface area contributed by atoms with E-state index in [0.717, 1.165) is 29.5 Å². The second kappa shape index (κ2) is 8.03. The van der Waals surface area contributed by atoms with Crippen molar-refractivity contribution >= 4 is 22.4 Å². The van der Waals surface area contributed by atoms with E-state index in [0.29, 0.717) is 5.69 Å². The molecule has 1 aromatic heterocycles. The van der Waals surface area contributed by atoms with Crippen LogP contribution in [0, 0.1) is 6.92 Å². The molecule has 1 N–H and O–H groups in total. The standard InChI is InChI=1S/C15H12F6N2O3S/c1-8-5-27-13(22-8)23-12(24)9-2-10(25-6-14(16,17)18)4-11(3-9)26-7-15(19,20)21/h2-5H,6-7H2,1H3,(H,22,23,24). The van der Waals surface area contributed by atoms with E-state index in [4.69, 9.17) is 0 Å². The number of amides is 1. The number of rotatable bonds is 6. The number of carbonyl (C=O) groups is 1. The largest absolute Gasteiger partial charge is 0.484 e. The third kappa shape index (κ3) is 7.33. The van der Waals surface area contributed by atoms with Crippen molar-refractivity contribution < 1.29 is 40.6 Å². The molecule has 0 aliphatic heterocycles. The summed E-state index contributed by atoms with van der Waals surface area (Å²) in [5.74, 6) is -1.72. The van der Waals surface area contributed by atoms with Crippen molar-refractivity contribution in [2.45, 2.75) is 19.3 Å². The first kappa shape index (κ1) is 20.8. The number of ether oxygens (including phenoxy) is 2. The lowest BCUT2D eigenvalue weighted by Gasteiger charge is -2.14. The zero-order valence-electron chi connectivity index (χ0n) is 13.6. The third-order valence-electron chi connectivity index (χ3n) is 2.79. The van der Waals surface area contributed by atoms with Crippen LogP contribution in [0.4, 0.5) is 31.5 Å². The van der Waals surface area contributed by atoms with Crippen LogP contribution in [-0.4, -0.2) is 36.5 Å². The average Bonchev–Trinajstić information content (AvgIpc) is 2.94. The summed E-state index contributed by atoms with van der Waals surface area (Å²) in [6.45, 7) is -1.67. The Hall–Kier alpha value is -2.50. The van der Waals surface area contributed by atoms with Crippen molar-refractivity contribution in [3.05, 3.63) is 34.8 Å². The van der Waals surface area contributed by atoms with E-state index in [2.05, 4.69) is 19.8 Å². The normalized spacial score (nSPS) is 12.0. The summed E-state index contributed by atoms with van der Waals surface area (Å²) in [6.07, 6.45) is -9.33. The van der Waals surface area contributed by atoms with Crippen molar-refractivity contribution in [3.63, 3.8) is 0 Å². The van der Waals surface area contributed by atoms with Gasteiger partial charge in [-0.2, -0.15) is 26.3 Å². The quantitative estimate of drug-likeness (QED) is 0.703. The van der Waals surface area contributed by atoms with Gasteiger partial charge in [0.1, 0.15) is 11.5 Å². The SMILES string of the molecule is Cc1csc(NC(=O)c2cc(OCC(F)(F)F)cc(OCC(F)(F)F)c2)n1. The summed E-state index contributed by atoms with van der Waals surface area (Å²) in [7, 11) is 0. The van der Waals surface area contributed by atoms with E-state index in [1.807, 2.05) is 0 Å². The number of benzene rings is 1. The summed E-state index contributed by atoms with van der Waals surface area (Å²) in [5.41, 5.74) is 0.381. The summed E-state index contributed by atoms with van der Waals surface area (Å²) < 4.78 is 82.8. The maximum absolute atomic E-state index is 12.3. The van der Waals surface area contributed by atoms with Crippen LogP contribution in [0.3, 0.4) is 0 Å². The van der Waals surface area contributed by atoms with Crippen LogP contribution >= 0.6 is 11.3 Å². The number of nitrogens with zero attached hydrogens (tertiary/aromatic N) is 1. The zero-order valence-corrected chi connectivity index (χ0v) is 14.4. The van der Waals surface area contributed by atoms with E-state index in [1.54, 1.807) is 12.3 Å². The Morgan fingerprint density at radius 2 is 1.56 bits per heavy atom. The van der Waals surface area contributed by atoms with Gasteiger partial charge in [0.15, 0.2) is 18.3 Å². The molecule has 1 aromatic carbocycles. The second-order valence-corrected chi connectivity index (χ2v) is 6.11. The van der Waals surface area contributed by atoms with Gasteiger partial charge in [0.2, 0.25) is 0 Å². The molecule has 0 bridgehead atoms. The number of halogens is 6. The molecular formula is C15H12F6N2O3S. The van der Waals surface area contributed by atoms with Gasteiger partial charge in [0, 0.05) is 17.0 Å². The first-order valence-corrected chi connectivity index (χ1v) is 8.07. The Kier molecular flexibility index (Phi) is 6.19. The van der Waals surface area contributed by atoms with E-state index in [-0.39, 0.29) is 10.7 Å². The molecule has 27 heavy (non-hydrogen) atoms. The van der Waals surface area contributed by atoms with Crippen LogP contribution in [0.5, 0.6) is 11.5 Å². The summed E-state index contributed by atoms with van der Waals surface area (Å²) in [4.78, 5) is 16.2. The van der Waals surface area contributed by atoms with E-state index < -0.39 is 43.0 Å². The van der Waals surface area contributed by atoms with Crippen molar-refractivity contribution in [2.75, 3.05) is 18.5 Å². The van der Waals surface area contributed by atoms with Crippen LogP contribution in [0.15, 0.2) is 23.6 Å². The van der Waals surface area contributed by atoms with Crippen molar-refractivity contribution in [1.29, 1.82) is 0 Å². The van der Waals surface area contributed by atoms with Gasteiger partial charge in [0.25, 0.3) is 5.91 Å². The van der Waals surface area contributed by atoms with Gasteiger partial charge < -0.3 is 9.47 Å². The third-order valence-corrected chi connectivity index (χ3v) is 3.66. The molecule has 148 valence electrons. The highest BCUT2D eigenvalue weighted by molar-refractivity contribution is 7.13. The Bertz CT molecular complexity index is 767. The highest BCUT2D eigenvalue weighted by Crippen LogP contribution is 2.27. The molecule has 0 radical (unpaired) electrons. The van der Waals surface area contributed by atoms with Crippen LogP contribution < -0.4 is 14.8 Å². The highest BCUT2D eigenvalue weighted by atomic mass is 32.1. The van der Waals surface area contributed by atoms with Gasteiger partial charge in [-0.15, -0.1) is 11.3 Å². The fourth-order valence-electron chi connectivity index (χ4n) is 1.78. The maximum Gasteiger partial charge on any atom is 0.422 e. The monoisotopic (exact) mass is 414 g/mol. The molecule has 0 spiro atoms. The summed E-state index contributed by atoms with van der Waals surface area (Å²) >= 11 is 1.11. The van der Waals surface area contributed by atoms with Gasteiger partial charge in [-0.1, -0.05) is 0 Å². The maximum atomic E-state index is 12.3. The van der Waals surface area contributed by atoms with Gasteiger partial charge in [-0.25, -0.2) is 4.98 Å². The smallest absolute Gasteiger partial charge is 0.422 e. The number of hydrogen-bond acceptors (Lipinski definition) is 5. The topological polar surface area (TPSA) is 60.5 Å². The Balaban J connectivity index is 2.23. The van der Waals surface area contributed by atoms with Gasteiger partial charge in [0.05, 0.1) is 5.69 Å². The molecule has 0 fully saturated rings. The molecule has 0 aliphatic rings. The van der Waals surface area contributed by atoms with Crippen LogP contribution in [-0.2, 0) is 0 Å². The minimum atomic E-state index is -4.66. The lowest BCUT2D eigenvalue weighted by atomic mass is 10.2. The number of carbonyl (C=O) groups excluding carboxylic acids is 1. The lowest BCUT2D eigenvalue weighted by molar-refractivity contribution is -0.153. The second-order valence-electron chi connectivity index (χ2n) is 5.25. The number of aromatic nitrogens is 1. The molecule has 0 saturated carbocycles. The lowest BCUT2D eigenvalue weighted by Crippen LogP contribution is -2.21. The fourth-order valence-corrected chi connectivity index (χ4v) is 2.46. The highest BCUT2D eigenvalue weighted by Gasteiger charge is 2.30. The first-order valence-electron chi connectivity index (χ1n) is 7.19. The van der Waals surface area contributed by atoms with Gasteiger partial charge in [-0.3, -0.25) is 10.1 Å². The van der Waals surface area contributed by atoms with Crippen LogP contribution in [0.2, 0.25) is 0 Å². The number of hydrogen-bond donors (Lipinski definition) is 1. The number of thiazole rings is 1. The minimum absolute atomic E-state index is 0.219. The van der Waals surface area contributed by atoms with Crippen molar-refractivity contribution in [3.8, 4) is 11.5 Å². The Morgan fingerprint density at radius 1 is 1.04 bits per heavy atom.